The first kappa shape index (κ1) is 20.2. The second kappa shape index (κ2) is 8.36. The first-order valence-electron chi connectivity index (χ1n) is 9.68. The van der Waals surface area contributed by atoms with Crippen LogP contribution in [-0.4, -0.2) is 25.9 Å². The summed E-state index contributed by atoms with van der Waals surface area (Å²) < 4.78 is 16.3. The number of ketones is 1. The van der Waals surface area contributed by atoms with E-state index < -0.39 is 0 Å². The lowest BCUT2D eigenvalue weighted by Gasteiger charge is -2.09. The van der Waals surface area contributed by atoms with Gasteiger partial charge >= 0.3 is 0 Å². The van der Waals surface area contributed by atoms with Crippen molar-refractivity contribution in [3.8, 4) is 11.5 Å². The lowest BCUT2D eigenvalue weighted by molar-refractivity contribution is 0.101. The highest BCUT2D eigenvalue weighted by Crippen LogP contribution is 2.30. The molecule has 1 N–H and O–H groups in total. The minimum atomic E-state index is -0.297. The number of rotatable bonds is 6. The highest BCUT2D eigenvalue weighted by molar-refractivity contribution is 6.11. The molecule has 1 amide bonds. The number of amides is 1. The van der Waals surface area contributed by atoms with E-state index in [1.165, 1.54) is 7.11 Å². The van der Waals surface area contributed by atoms with Crippen molar-refractivity contribution in [2.75, 3.05) is 19.5 Å². The molecular weight excluding hydrogens is 394 g/mol. The maximum Gasteiger partial charge on any atom is 0.259 e. The number of para-hydroxylation sites is 1. The van der Waals surface area contributed by atoms with Gasteiger partial charge in [0.25, 0.3) is 5.91 Å². The molecule has 0 atom stereocenters. The predicted molar refractivity (Wildman–Crippen MR) is 118 cm³/mol. The molecule has 156 valence electrons. The Balaban J connectivity index is 1.62. The van der Waals surface area contributed by atoms with E-state index in [-0.39, 0.29) is 17.5 Å². The number of benzene rings is 3. The van der Waals surface area contributed by atoms with Crippen LogP contribution in [0, 0.1) is 6.92 Å². The molecule has 0 saturated heterocycles. The van der Waals surface area contributed by atoms with Crippen LogP contribution in [0.2, 0.25) is 0 Å². The summed E-state index contributed by atoms with van der Waals surface area (Å²) in [4.78, 5) is 25.6. The molecular formula is C25H21NO5. The van der Waals surface area contributed by atoms with Crippen LogP contribution in [0.5, 0.6) is 11.5 Å². The molecule has 0 aliphatic heterocycles. The van der Waals surface area contributed by atoms with Crippen LogP contribution in [0.15, 0.2) is 71.1 Å². The van der Waals surface area contributed by atoms with Crippen LogP contribution in [-0.2, 0) is 0 Å². The molecule has 0 aliphatic carbocycles. The molecule has 6 nitrogen and oxygen atoms in total. The zero-order chi connectivity index (χ0) is 22.0. The van der Waals surface area contributed by atoms with Crippen molar-refractivity contribution in [1.82, 2.24) is 0 Å². The monoisotopic (exact) mass is 415 g/mol. The third kappa shape index (κ3) is 3.88. The van der Waals surface area contributed by atoms with Gasteiger partial charge in [0.05, 0.1) is 19.8 Å². The van der Waals surface area contributed by atoms with E-state index in [0.29, 0.717) is 33.9 Å². The molecule has 0 aliphatic rings. The third-order valence-corrected chi connectivity index (χ3v) is 5.11. The predicted octanol–water partition coefficient (Wildman–Crippen LogP) is 5.24. The number of carbonyl (C=O) groups is 2. The number of nitrogens with one attached hydrogen (secondary N) is 1. The molecule has 4 aromatic rings. The zero-order valence-electron chi connectivity index (χ0n) is 17.4. The number of carbonyl (C=O) groups excluding carboxylic acids is 2. The normalized spacial score (nSPS) is 10.7. The molecule has 31 heavy (non-hydrogen) atoms. The van der Waals surface area contributed by atoms with Crippen molar-refractivity contribution in [1.29, 1.82) is 0 Å². The Morgan fingerprint density at radius 1 is 0.903 bits per heavy atom. The van der Waals surface area contributed by atoms with Gasteiger partial charge in [-0.3, -0.25) is 9.59 Å². The van der Waals surface area contributed by atoms with Crippen molar-refractivity contribution in [2.45, 2.75) is 6.92 Å². The van der Waals surface area contributed by atoms with Crippen LogP contribution in [0.1, 0.15) is 32.0 Å². The quantitative estimate of drug-likeness (QED) is 0.436. The van der Waals surface area contributed by atoms with Gasteiger partial charge in [0.15, 0.2) is 5.76 Å². The number of hydrogen-bond donors (Lipinski definition) is 1. The number of methoxy groups -OCH3 is 2. The van der Waals surface area contributed by atoms with E-state index in [9.17, 15) is 9.59 Å². The number of fused-ring (bicyclic) bond motifs is 1. The fourth-order valence-corrected chi connectivity index (χ4v) is 3.42. The van der Waals surface area contributed by atoms with E-state index in [1.54, 1.807) is 67.8 Å². The fourth-order valence-electron chi connectivity index (χ4n) is 3.42. The van der Waals surface area contributed by atoms with Crippen LogP contribution in [0.25, 0.3) is 11.0 Å². The zero-order valence-corrected chi connectivity index (χ0v) is 17.4. The largest absolute Gasteiger partial charge is 0.497 e. The van der Waals surface area contributed by atoms with Crippen LogP contribution >= 0.6 is 0 Å². The second-order valence-corrected chi connectivity index (χ2v) is 6.98. The first-order chi connectivity index (χ1) is 15.0. The Morgan fingerprint density at radius 3 is 2.35 bits per heavy atom. The minimum absolute atomic E-state index is 0.212. The number of furan rings is 1. The molecule has 3 aromatic carbocycles. The summed E-state index contributed by atoms with van der Waals surface area (Å²) in [5.41, 5.74) is 2.76. The van der Waals surface area contributed by atoms with Gasteiger partial charge in [-0.25, -0.2) is 0 Å². The number of anilines is 1. The van der Waals surface area contributed by atoms with Gasteiger partial charge < -0.3 is 19.2 Å². The molecule has 0 unspecified atom stereocenters. The standard InChI is InChI=1S/C25H21NO5/c1-15-19-13-10-17(26-25(28)20-6-4-5-7-21(20)30-3)14-22(19)31-24(15)23(27)16-8-11-18(29-2)12-9-16/h4-14H,1-3H3,(H,26,28). The van der Waals surface area contributed by atoms with E-state index in [1.807, 2.05) is 13.0 Å². The average molecular weight is 415 g/mol. The first-order valence-corrected chi connectivity index (χ1v) is 9.68. The Kier molecular flexibility index (Phi) is 5.45. The molecule has 1 aromatic heterocycles. The third-order valence-electron chi connectivity index (χ3n) is 5.11. The highest BCUT2D eigenvalue weighted by atomic mass is 16.5. The van der Waals surface area contributed by atoms with Gasteiger partial charge in [0.1, 0.15) is 17.1 Å². The second-order valence-electron chi connectivity index (χ2n) is 6.98. The summed E-state index contributed by atoms with van der Waals surface area (Å²) in [6, 6.07) is 19.2. The maximum atomic E-state index is 12.9. The average Bonchev–Trinajstić information content (AvgIpc) is 3.14. The van der Waals surface area contributed by atoms with Gasteiger partial charge in [-0.1, -0.05) is 12.1 Å². The Labute approximate surface area is 179 Å². The lowest BCUT2D eigenvalue weighted by Crippen LogP contribution is -2.12. The SMILES string of the molecule is COc1ccc(C(=O)c2oc3cc(NC(=O)c4ccccc4OC)ccc3c2C)cc1. The van der Waals surface area contributed by atoms with E-state index in [4.69, 9.17) is 13.9 Å². The van der Waals surface area contributed by atoms with Gasteiger partial charge in [-0.05, 0) is 55.5 Å². The van der Waals surface area contributed by atoms with Gasteiger partial charge in [0, 0.05) is 28.3 Å². The Hall–Kier alpha value is -4.06. The van der Waals surface area contributed by atoms with Crippen molar-refractivity contribution in [3.05, 3.63) is 89.2 Å². The molecule has 0 saturated carbocycles. The summed E-state index contributed by atoms with van der Waals surface area (Å²) in [6.07, 6.45) is 0. The minimum Gasteiger partial charge on any atom is -0.497 e. The van der Waals surface area contributed by atoms with Gasteiger partial charge in [-0.15, -0.1) is 0 Å². The number of aryl methyl sites for hydroxylation is 1. The van der Waals surface area contributed by atoms with Crippen LogP contribution < -0.4 is 14.8 Å². The van der Waals surface area contributed by atoms with Crippen molar-refractivity contribution in [2.24, 2.45) is 0 Å². The highest BCUT2D eigenvalue weighted by Gasteiger charge is 2.20. The summed E-state index contributed by atoms with van der Waals surface area (Å²) in [7, 11) is 3.09. The number of hydrogen-bond acceptors (Lipinski definition) is 5. The molecule has 0 spiro atoms. The van der Waals surface area contributed by atoms with Gasteiger partial charge in [-0.2, -0.15) is 0 Å². The van der Waals surface area contributed by atoms with Crippen molar-refractivity contribution in [3.63, 3.8) is 0 Å². The topological polar surface area (TPSA) is 77.8 Å². The smallest absolute Gasteiger partial charge is 0.259 e. The van der Waals surface area contributed by atoms with E-state index in [0.717, 1.165) is 10.9 Å². The van der Waals surface area contributed by atoms with E-state index in [2.05, 4.69) is 5.32 Å². The molecule has 0 fully saturated rings. The molecule has 0 bridgehead atoms. The maximum absolute atomic E-state index is 12.9. The molecule has 6 heteroatoms. The van der Waals surface area contributed by atoms with Crippen molar-refractivity contribution >= 4 is 28.3 Å². The summed E-state index contributed by atoms with van der Waals surface area (Å²) >= 11 is 0. The summed E-state index contributed by atoms with van der Waals surface area (Å²) in [5, 5.41) is 3.66. The molecule has 0 radical (unpaired) electrons. The summed E-state index contributed by atoms with van der Waals surface area (Å²) in [6.45, 7) is 1.84. The van der Waals surface area contributed by atoms with Gasteiger partial charge in [0.2, 0.25) is 5.78 Å². The molecule has 4 rings (SSSR count). The fraction of sp³-hybridized carbons (Fsp3) is 0.120. The van der Waals surface area contributed by atoms with Crippen LogP contribution in [0.4, 0.5) is 5.69 Å². The van der Waals surface area contributed by atoms with Crippen LogP contribution in [0.3, 0.4) is 0 Å². The summed E-state index contributed by atoms with van der Waals surface area (Å²) in [5.74, 6) is 0.926. The van der Waals surface area contributed by atoms with E-state index >= 15 is 0 Å². The Morgan fingerprint density at radius 2 is 1.65 bits per heavy atom. The number of ether oxygens (including phenoxy) is 2. The Bertz CT molecular complexity index is 1270. The molecule has 1 heterocycles. The lowest BCUT2D eigenvalue weighted by atomic mass is 10.0. The van der Waals surface area contributed by atoms with Crippen molar-refractivity contribution < 1.29 is 23.5 Å².